The van der Waals surface area contributed by atoms with Gasteiger partial charge in [0.25, 0.3) is 0 Å². The maximum Gasteiger partial charge on any atom is 0.231 e. The number of anilines is 1. The Morgan fingerprint density at radius 1 is 1.15 bits per heavy atom. The molecule has 20 heavy (non-hydrogen) atoms. The van der Waals surface area contributed by atoms with Crippen LogP contribution in [0.15, 0.2) is 42.5 Å². The lowest BCUT2D eigenvalue weighted by Gasteiger charge is -2.06. The summed E-state index contributed by atoms with van der Waals surface area (Å²) < 4.78 is 10.5. The molecular formula is C16H15NO3. The van der Waals surface area contributed by atoms with Gasteiger partial charge in [0.1, 0.15) is 0 Å². The predicted octanol–water partition coefficient (Wildman–Crippen LogP) is 2.90. The lowest BCUT2D eigenvalue weighted by Crippen LogP contribution is -2.14. The number of rotatable bonds is 3. The molecule has 0 atom stereocenters. The molecule has 0 saturated carbocycles. The highest BCUT2D eigenvalue weighted by Crippen LogP contribution is 2.32. The van der Waals surface area contributed by atoms with Gasteiger partial charge in [0.2, 0.25) is 12.7 Å². The molecule has 1 aliphatic heterocycles. The molecular weight excluding hydrogens is 254 g/mol. The van der Waals surface area contributed by atoms with E-state index in [0.29, 0.717) is 12.2 Å². The van der Waals surface area contributed by atoms with Gasteiger partial charge in [-0.2, -0.15) is 0 Å². The van der Waals surface area contributed by atoms with Crippen LogP contribution in [0.1, 0.15) is 11.1 Å². The Kier molecular flexibility index (Phi) is 3.29. The summed E-state index contributed by atoms with van der Waals surface area (Å²) in [7, 11) is 0. The first-order valence-electron chi connectivity index (χ1n) is 6.46. The van der Waals surface area contributed by atoms with Crippen molar-refractivity contribution in [1.82, 2.24) is 0 Å². The van der Waals surface area contributed by atoms with Crippen LogP contribution in [0.2, 0.25) is 0 Å². The lowest BCUT2D eigenvalue weighted by atomic mass is 10.1. The fourth-order valence-corrected chi connectivity index (χ4v) is 2.16. The Morgan fingerprint density at radius 3 is 2.85 bits per heavy atom. The molecule has 0 unspecified atom stereocenters. The van der Waals surface area contributed by atoms with Gasteiger partial charge in [0.15, 0.2) is 11.5 Å². The average molecular weight is 269 g/mol. The normalized spacial score (nSPS) is 12.2. The SMILES string of the molecule is Cc1cccc(NC(=O)Cc2ccc3c(c2)OCO3)c1. The van der Waals surface area contributed by atoms with E-state index in [9.17, 15) is 4.79 Å². The topological polar surface area (TPSA) is 47.6 Å². The fourth-order valence-electron chi connectivity index (χ4n) is 2.16. The third kappa shape index (κ3) is 2.74. The number of hydrogen-bond donors (Lipinski definition) is 1. The van der Waals surface area contributed by atoms with Crippen LogP contribution in [0.25, 0.3) is 0 Å². The minimum absolute atomic E-state index is 0.0468. The quantitative estimate of drug-likeness (QED) is 0.932. The Morgan fingerprint density at radius 2 is 2.00 bits per heavy atom. The van der Waals surface area contributed by atoms with Gasteiger partial charge < -0.3 is 14.8 Å². The smallest absolute Gasteiger partial charge is 0.231 e. The molecule has 0 spiro atoms. The summed E-state index contributed by atoms with van der Waals surface area (Å²) in [4.78, 5) is 12.0. The molecule has 4 nitrogen and oxygen atoms in total. The Hall–Kier alpha value is -2.49. The molecule has 1 heterocycles. The number of carbonyl (C=O) groups is 1. The van der Waals surface area contributed by atoms with Crippen molar-refractivity contribution in [3.8, 4) is 11.5 Å². The van der Waals surface area contributed by atoms with E-state index in [1.807, 2.05) is 49.4 Å². The summed E-state index contributed by atoms with van der Waals surface area (Å²) in [5.41, 5.74) is 2.83. The summed E-state index contributed by atoms with van der Waals surface area (Å²) >= 11 is 0. The highest BCUT2D eigenvalue weighted by atomic mass is 16.7. The molecule has 102 valence electrons. The number of nitrogens with one attached hydrogen (secondary N) is 1. The third-order valence-electron chi connectivity index (χ3n) is 3.10. The monoisotopic (exact) mass is 269 g/mol. The Labute approximate surface area is 117 Å². The van der Waals surface area contributed by atoms with Crippen molar-refractivity contribution in [3.63, 3.8) is 0 Å². The zero-order valence-electron chi connectivity index (χ0n) is 11.2. The van der Waals surface area contributed by atoms with Gasteiger partial charge in [-0.1, -0.05) is 18.2 Å². The molecule has 1 aliphatic rings. The van der Waals surface area contributed by atoms with Crippen molar-refractivity contribution in [2.24, 2.45) is 0 Å². The molecule has 2 aromatic carbocycles. The number of aryl methyl sites for hydroxylation is 1. The van der Waals surface area contributed by atoms with E-state index in [2.05, 4.69) is 5.32 Å². The second-order valence-electron chi connectivity index (χ2n) is 4.78. The van der Waals surface area contributed by atoms with Crippen LogP contribution in [-0.4, -0.2) is 12.7 Å². The van der Waals surface area contributed by atoms with E-state index < -0.39 is 0 Å². The summed E-state index contributed by atoms with van der Waals surface area (Å²) in [6, 6.07) is 13.3. The van der Waals surface area contributed by atoms with Gasteiger partial charge in [0, 0.05) is 5.69 Å². The minimum Gasteiger partial charge on any atom is -0.454 e. The molecule has 4 heteroatoms. The van der Waals surface area contributed by atoms with Gasteiger partial charge in [-0.05, 0) is 42.3 Å². The Balaban J connectivity index is 1.67. The molecule has 2 aromatic rings. The van der Waals surface area contributed by atoms with Crippen molar-refractivity contribution < 1.29 is 14.3 Å². The first-order valence-corrected chi connectivity index (χ1v) is 6.46. The summed E-state index contributed by atoms with van der Waals surface area (Å²) in [6.45, 7) is 2.24. The number of carbonyl (C=O) groups excluding carboxylic acids is 1. The number of hydrogen-bond acceptors (Lipinski definition) is 3. The molecule has 3 rings (SSSR count). The first-order chi connectivity index (χ1) is 9.70. The van der Waals surface area contributed by atoms with Crippen LogP contribution in [0.3, 0.4) is 0 Å². The number of fused-ring (bicyclic) bond motifs is 1. The maximum atomic E-state index is 12.0. The van der Waals surface area contributed by atoms with Crippen LogP contribution in [0.5, 0.6) is 11.5 Å². The van der Waals surface area contributed by atoms with Crippen molar-refractivity contribution in [2.75, 3.05) is 12.1 Å². The van der Waals surface area contributed by atoms with Crippen LogP contribution in [0, 0.1) is 6.92 Å². The highest BCUT2D eigenvalue weighted by molar-refractivity contribution is 5.92. The molecule has 0 aliphatic carbocycles. The van der Waals surface area contributed by atoms with Crippen molar-refractivity contribution in [2.45, 2.75) is 13.3 Å². The average Bonchev–Trinajstić information content (AvgIpc) is 2.86. The van der Waals surface area contributed by atoms with E-state index in [0.717, 1.165) is 22.6 Å². The van der Waals surface area contributed by atoms with Crippen LogP contribution >= 0.6 is 0 Å². The summed E-state index contributed by atoms with van der Waals surface area (Å²) in [5, 5.41) is 2.89. The van der Waals surface area contributed by atoms with E-state index in [-0.39, 0.29) is 12.7 Å². The van der Waals surface area contributed by atoms with Gasteiger partial charge in [0.05, 0.1) is 6.42 Å². The lowest BCUT2D eigenvalue weighted by molar-refractivity contribution is -0.115. The highest BCUT2D eigenvalue weighted by Gasteiger charge is 2.14. The standard InChI is InChI=1S/C16H15NO3/c1-11-3-2-4-13(7-11)17-16(18)9-12-5-6-14-15(8-12)20-10-19-14/h2-8H,9-10H2,1H3,(H,17,18). The Bertz CT molecular complexity index is 652. The van der Waals surface area contributed by atoms with Crippen molar-refractivity contribution in [3.05, 3.63) is 53.6 Å². The van der Waals surface area contributed by atoms with E-state index in [1.54, 1.807) is 0 Å². The number of amides is 1. The van der Waals surface area contributed by atoms with Crippen LogP contribution in [0.4, 0.5) is 5.69 Å². The molecule has 0 aromatic heterocycles. The number of ether oxygens (including phenoxy) is 2. The summed E-state index contributed by atoms with van der Waals surface area (Å²) in [5.74, 6) is 1.38. The zero-order chi connectivity index (χ0) is 13.9. The van der Waals surface area contributed by atoms with Gasteiger partial charge in [-0.25, -0.2) is 0 Å². The maximum absolute atomic E-state index is 12.0. The zero-order valence-corrected chi connectivity index (χ0v) is 11.2. The van der Waals surface area contributed by atoms with E-state index in [4.69, 9.17) is 9.47 Å². The molecule has 0 saturated heterocycles. The van der Waals surface area contributed by atoms with Gasteiger partial charge in [-0.3, -0.25) is 4.79 Å². The minimum atomic E-state index is -0.0468. The third-order valence-corrected chi connectivity index (χ3v) is 3.10. The van der Waals surface area contributed by atoms with Crippen molar-refractivity contribution >= 4 is 11.6 Å². The molecule has 0 bridgehead atoms. The molecule has 1 N–H and O–H groups in total. The van der Waals surface area contributed by atoms with E-state index >= 15 is 0 Å². The molecule has 1 amide bonds. The van der Waals surface area contributed by atoms with Gasteiger partial charge in [-0.15, -0.1) is 0 Å². The van der Waals surface area contributed by atoms with Crippen molar-refractivity contribution in [1.29, 1.82) is 0 Å². The van der Waals surface area contributed by atoms with E-state index in [1.165, 1.54) is 0 Å². The predicted molar refractivity (Wildman–Crippen MR) is 76.1 cm³/mol. The second-order valence-corrected chi connectivity index (χ2v) is 4.78. The first kappa shape index (κ1) is 12.5. The number of benzene rings is 2. The fraction of sp³-hybridized carbons (Fsp3) is 0.188. The second kappa shape index (κ2) is 5.25. The van der Waals surface area contributed by atoms with Gasteiger partial charge >= 0.3 is 0 Å². The largest absolute Gasteiger partial charge is 0.454 e. The van der Waals surface area contributed by atoms with Crippen LogP contribution < -0.4 is 14.8 Å². The molecule has 0 radical (unpaired) electrons. The molecule has 0 fully saturated rings. The van der Waals surface area contributed by atoms with Crippen LogP contribution in [-0.2, 0) is 11.2 Å². The summed E-state index contributed by atoms with van der Waals surface area (Å²) in [6.07, 6.45) is 0.310.